The van der Waals surface area contributed by atoms with E-state index in [0.29, 0.717) is 11.3 Å². The van der Waals surface area contributed by atoms with Gasteiger partial charge in [0.1, 0.15) is 11.6 Å². The quantitative estimate of drug-likeness (QED) is 0.413. The second kappa shape index (κ2) is 10.0. The van der Waals surface area contributed by atoms with Crippen LogP contribution in [0.1, 0.15) is 36.0 Å². The molecule has 0 spiro atoms. The molecule has 0 bridgehead atoms. The van der Waals surface area contributed by atoms with Gasteiger partial charge in [-0.2, -0.15) is 0 Å². The molecule has 2 atom stereocenters. The van der Waals surface area contributed by atoms with Gasteiger partial charge < -0.3 is 26.8 Å². The van der Waals surface area contributed by atoms with Crippen LogP contribution in [0.15, 0.2) is 42.6 Å². The molecule has 8 nitrogen and oxygen atoms in total. The van der Waals surface area contributed by atoms with Gasteiger partial charge in [0.2, 0.25) is 5.88 Å². The van der Waals surface area contributed by atoms with Crippen LogP contribution in [0.2, 0.25) is 0 Å². The number of nitrogens with two attached hydrogens (primary N) is 2. The average Bonchev–Trinajstić information content (AvgIpc) is 2.82. The second-order valence-electron chi connectivity index (χ2n) is 8.16. The number of carbonyl (C=O) groups excluding carboxylic acids is 1. The summed E-state index contributed by atoms with van der Waals surface area (Å²) < 4.78 is 34.5. The van der Waals surface area contributed by atoms with Crippen LogP contribution >= 0.6 is 0 Å². The molecule has 0 radical (unpaired) electrons. The Bertz CT molecular complexity index is 1210. The Kier molecular flexibility index (Phi) is 6.87. The third kappa shape index (κ3) is 4.91. The molecule has 2 heterocycles. The summed E-state index contributed by atoms with van der Waals surface area (Å²) >= 11 is 0. The minimum Gasteiger partial charge on any atom is -0.481 e. The van der Waals surface area contributed by atoms with E-state index in [0.717, 1.165) is 31.7 Å². The van der Waals surface area contributed by atoms with Crippen molar-refractivity contribution < 1.29 is 18.3 Å². The lowest BCUT2D eigenvalue weighted by Crippen LogP contribution is -2.43. The monoisotopic (exact) mass is 468 g/mol. The molecule has 178 valence electrons. The molecule has 1 aromatic carbocycles. The third-order valence-corrected chi connectivity index (χ3v) is 5.85. The molecule has 3 aromatic rings. The topological polar surface area (TPSA) is 128 Å². The van der Waals surface area contributed by atoms with Crippen molar-refractivity contribution >= 4 is 23.2 Å². The van der Waals surface area contributed by atoms with Crippen molar-refractivity contribution in [2.75, 3.05) is 17.7 Å². The van der Waals surface area contributed by atoms with E-state index in [1.54, 1.807) is 24.3 Å². The van der Waals surface area contributed by atoms with Gasteiger partial charge in [0, 0.05) is 23.2 Å². The number of nitrogens with zero attached hydrogens (tertiary/aromatic N) is 2. The van der Waals surface area contributed by atoms with Crippen molar-refractivity contribution in [2.45, 2.75) is 37.8 Å². The zero-order valence-electron chi connectivity index (χ0n) is 18.6. The van der Waals surface area contributed by atoms with Crippen LogP contribution in [-0.4, -0.2) is 35.1 Å². The molecular weight excluding hydrogens is 442 g/mol. The van der Waals surface area contributed by atoms with Crippen LogP contribution < -0.4 is 26.8 Å². The zero-order valence-corrected chi connectivity index (χ0v) is 18.6. The highest BCUT2D eigenvalue weighted by atomic mass is 19.1. The first-order chi connectivity index (χ1) is 16.4. The molecule has 1 amide bonds. The highest BCUT2D eigenvalue weighted by Gasteiger charge is 2.24. The maximum absolute atomic E-state index is 14.8. The van der Waals surface area contributed by atoms with E-state index in [1.165, 1.54) is 19.4 Å². The van der Waals surface area contributed by atoms with Gasteiger partial charge in [-0.15, -0.1) is 0 Å². The van der Waals surface area contributed by atoms with E-state index < -0.39 is 17.5 Å². The summed E-state index contributed by atoms with van der Waals surface area (Å²) in [5, 5.41) is 6.03. The van der Waals surface area contributed by atoms with Crippen LogP contribution in [0.25, 0.3) is 11.1 Å². The summed E-state index contributed by atoms with van der Waals surface area (Å²) in [5.74, 6) is -1.81. The lowest BCUT2D eigenvalue weighted by atomic mass is 9.91. The molecule has 1 fully saturated rings. The summed E-state index contributed by atoms with van der Waals surface area (Å²) in [6, 6.07) is 8.56. The first-order valence-corrected chi connectivity index (χ1v) is 11.0. The zero-order chi connectivity index (χ0) is 24.2. The van der Waals surface area contributed by atoms with Gasteiger partial charge in [-0.05, 0) is 31.0 Å². The Balaban J connectivity index is 1.71. The molecule has 2 unspecified atom stereocenters. The van der Waals surface area contributed by atoms with E-state index in [2.05, 4.69) is 20.6 Å². The van der Waals surface area contributed by atoms with Crippen LogP contribution in [0.5, 0.6) is 5.88 Å². The number of pyridine rings is 2. The van der Waals surface area contributed by atoms with Crippen molar-refractivity contribution in [3.63, 3.8) is 0 Å². The van der Waals surface area contributed by atoms with Gasteiger partial charge in [0.05, 0.1) is 24.6 Å². The number of carbonyl (C=O) groups is 1. The summed E-state index contributed by atoms with van der Waals surface area (Å²) in [7, 11) is 1.43. The predicted molar refractivity (Wildman–Crippen MR) is 126 cm³/mol. The molecular formula is C24H26F2N6O2. The van der Waals surface area contributed by atoms with Crippen LogP contribution in [-0.2, 0) is 0 Å². The van der Waals surface area contributed by atoms with Gasteiger partial charge in [0.25, 0.3) is 5.91 Å². The van der Waals surface area contributed by atoms with Crippen molar-refractivity contribution in [3.8, 4) is 17.0 Å². The number of hydrogen-bond donors (Lipinski definition) is 4. The summed E-state index contributed by atoms with van der Waals surface area (Å²) in [5.41, 5.74) is 12.6. The smallest absolute Gasteiger partial charge is 0.252 e. The Morgan fingerprint density at radius 3 is 2.56 bits per heavy atom. The number of aromatic nitrogens is 2. The maximum Gasteiger partial charge on any atom is 0.252 e. The molecule has 1 aliphatic rings. The SMILES string of the molecule is COc1ncc(Nc2nc(NC3CCCCC3N)c(F)cc2C(N)=O)cc1-c1ccccc1F. The second-order valence-corrected chi connectivity index (χ2v) is 8.16. The number of nitrogens with one attached hydrogen (secondary N) is 2. The number of primary amides is 1. The molecule has 2 aromatic heterocycles. The van der Waals surface area contributed by atoms with Crippen LogP contribution in [0.3, 0.4) is 0 Å². The molecule has 4 rings (SSSR count). The standard InChI is InChI=1S/C24H26F2N6O2/c1-34-24-15(14-6-2-3-7-17(14)25)10-13(12-29-24)30-22-16(21(28)33)11-18(26)23(32-22)31-20-9-5-4-8-19(20)27/h2-3,6-7,10-12,19-20H,4-5,8-9,27H2,1H3,(H2,28,33)(H2,30,31,32). The lowest BCUT2D eigenvalue weighted by Gasteiger charge is -2.30. The Hall–Kier alpha value is -3.79. The average molecular weight is 469 g/mol. The van der Waals surface area contributed by atoms with Gasteiger partial charge in [0.15, 0.2) is 11.6 Å². The molecule has 10 heteroatoms. The highest BCUT2D eigenvalue weighted by molar-refractivity contribution is 5.98. The molecule has 34 heavy (non-hydrogen) atoms. The highest BCUT2D eigenvalue weighted by Crippen LogP contribution is 2.34. The molecule has 6 N–H and O–H groups in total. The minimum absolute atomic E-state index is 0.0345. The first-order valence-electron chi connectivity index (χ1n) is 11.0. The summed E-state index contributed by atoms with van der Waals surface area (Å²) in [6.07, 6.45) is 5.06. The molecule has 1 saturated carbocycles. The Labute approximate surface area is 195 Å². The number of amides is 1. The van der Waals surface area contributed by atoms with Gasteiger partial charge in [-0.3, -0.25) is 4.79 Å². The fourth-order valence-electron chi connectivity index (χ4n) is 4.08. The molecule has 0 saturated heterocycles. The number of benzene rings is 1. The molecule has 1 aliphatic carbocycles. The van der Waals surface area contributed by atoms with Crippen molar-refractivity contribution in [3.05, 3.63) is 59.8 Å². The Morgan fingerprint density at radius 1 is 1.09 bits per heavy atom. The largest absolute Gasteiger partial charge is 0.481 e. The maximum atomic E-state index is 14.8. The van der Waals surface area contributed by atoms with Gasteiger partial charge in [-0.1, -0.05) is 31.0 Å². The van der Waals surface area contributed by atoms with Crippen molar-refractivity contribution in [2.24, 2.45) is 11.5 Å². The summed E-state index contributed by atoms with van der Waals surface area (Å²) in [6.45, 7) is 0. The molecule has 0 aliphatic heterocycles. The van der Waals surface area contributed by atoms with Crippen molar-refractivity contribution in [1.82, 2.24) is 9.97 Å². The van der Waals surface area contributed by atoms with E-state index in [-0.39, 0.29) is 40.7 Å². The lowest BCUT2D eigenvalue weighted by molar-refractivity contribution is 0.100. The number of hydrogen-bond acceptors (Lipinski definition) is 7. The fourth-order valence-corrected chi connectivity index (χ4v) is 4.08. The Morgan fingerprint density at radius 2 is 1.85 bits per heavy atom. The van der Waals surface area contributed by atoms with Crippen molar-refractivity contribution in [1.29, 1.82) is 0 Å². The third-order valence-electron chi connectivity index (χ3n) is 5.85. The van der Waals surface area contributed by atoms with Gasteiger partial charge >= 0.3 is 0 Å². The fraction of sp³-hybridized carbons (Fsp3) is 0.292. The number of methoxy groups -OCH3 is 1. The van der Waals surface area contributed by atoms with Crippen LogP contribution in [0.4, 0.5) is 26.1 Å². The van der Waals surface area contributed by atoms with E-state index in [9.17, 15) is 13.6 Å². The minimum atomic E-state index is -0.856. The van der Waals surface area contributed by atoms with Gasteiger partial charge in [-0.25, -0.2) is 18.7 Å². The van der Waals surface area contributed by atoms with E-state index >= 15 is 0 Å². The number of halogens is 2. The number of ether oxygens (including phenoxy) is 1. The predicted octanol–water partition coefficient (Wildman–Crippen LogP) is 3.95. The van der Waals surface area contributed by atoms with E-state index in [4.69, 9.17) is 16.2 Å². The summed E-state index contributed by atoms with van der Waals surface area (Å²) in [4.78, 5) is 20.5. The van der Waals surface area contributed by atoms with Crippen LogP contribution in [0, 0.1) is 11.6 Å². The number of anilines is 3. The first kappa shape index (κ1) is 23.4. The number of rotatable bonds is 7. The normalized spacial score (nSPS) is 17.8. The van der Waals surface area contributed by atoms with E-state index in [1.807, 2.05) is 0 Å².